The maximum absolute atomic E-state index is 12.6. The van der Waals surface area contributed by atoms with Gasteiger partial charge in [-0.05, 0) is 37.5 Å². The first-order chi connectivity index (χ1) is 12.7. The van der Waals surface area contributed by atoms with Crippen molar-refractivity contribution in [1.29, 1.82) is 0 Å². The molecule has 0 unspecified atom stereocenters. The number of nitrogens with one attached hydrogen (secondary N) is 1. The Balaban J connectivity index is 1.60. The predicted molar refractivity (Wildman–Crippen MR) is 99.2 cm³/mol. The first-order valence-electron chi connectivity index (χ1n) is 8.90. The van der Waals surface area contributed by atoms with Gasteiger partial charge in [-0.2, -0.15) is 0 Å². The second-order valence-electron chi connectivity index (χ2n) is 6.36. The van der Waals surface area contributed by atoms with Gasteiger partial charge in [0, 0.05) is 0 Å². The highest BCUT2D eigenvalue weighted by atomic mass is 16.5. The lowest BCUT2D eigenvalue weighted by Gasteiger charge is -2.39. The lowest BCUT2D eigenvalue weighted by atomic mass is 9.64. The van der Waals surface area contributed by atoms with E-state index in [0.29, 0.717) is 18.0 Å². The summed E-state index contributed by atoms with van der Waals surface area (Å²) in [5, 5.41) is 2.74. The van der Waals surface area contributed by atoms with Crippen LogP contribution in [0.4, 0.5) is 5.69 Å². The van der Waals surface area contributed by atoms with Crippen molar-refractivity contribution in [3.05, 3.63) is 60.2 Å². The van der Waals surface area contributed by atoms with E-state index in [4.69, 9.17) is 9.47 Å². The summed E-state index contributed by atoms with van der Waals surface area (Å²) in [5.41, 5.74) is 0.917. The summed E-state index contributed by atoms with van der Waals surface area (Å²) >= 11 is 0. The molecular weight excluding hydrogens is 330 g/mol. The molecule has 26 heavy (non-hydrogen) atoms. The van der Waals surface area contributed by atoms with Crippen LogP contribution in [0.25, 0.3) is 0 Å². The number of benzene rings is 2. The predicted octanol–water partition coefficient (Wildman–Crippen LogP) is 3.69. The zero-order valence-electron chi connectivity index (χ0n) is 14.9. The maximum atomic E-state index is 12.6. The van der Waals surface area contributed by atoms with E-state index in [9.17, 15) is 9.59 Å². The van der Waals surface area contributed by atoms with E-state index in [-0.39, 0.29) is 18.5 Å². The molecule has 2 aromatic carbocycles. The molecule has 0 saturated heterocycles. The van der Waals surface area contributed by atoms with Gasteiger partial charge in [-0.25, -0.2) is 0 Å². The molecule has 0 aromatic heterocycles. The topological polar surface area (TPSA) is 64.6 Å². The quantitative estimate of drug-likeness (QED) is 0.771. The number of para-hydroxylation sites is 2. The second kappa shape index (κ2) is 8.04. The van der Waals surface area contributed by atoms with Crippen molar-refractivity contribution in [2.75, 3.05) is 18.5 Å². The SMILES string of the molecule is CCOc1ccccc1NC(=O)COC(=O)C1(c2ccccc2)CCC1. The fraction of sp³-hybridized carbons (Fsp3) is 0.333. The number of carbonyl (C=O) groups is 2. The lowest BCUT2D eigenvalue weighted by molar-refractivity contribution is -0.156. The molecule has 0 radical (unpaired) electrons. The van der Waals surface area contributed by atoms with Crippen LogP contribution in [0.15, 0.2) is 54.6 Å². The maximum Gasteiger partial charge on any atom is 0.317 e. The third kappa shape index (κ3) is 3.72. The molecule has 1 amide bonds. The molecule has 136 valence electrons. The highest BCUT2D eigenvalue weighted by molar-refractivity contribution is 5.95. The van der Waals surface area contributed by atoms with Gasteiger partial charge in [0.1, 0.15) is 5.75 Å². The van der Waals surface area contributed by atoms with Crippen LogP contribution in [-0.2, 0) is 19.7 Å². The molecule has 1 N–H and O–H groups in total. The van der Waals surface area contributed by atoms with E-state index in [0.717, 1.165) is 24.8 Å². The number of esters is 1. The average molecular weight is 353 g/mol. The molecule has 1 saturated carbocycles. The highest BCUT2D eigenvalue weighted by Gasteiger charge is 2.47. The Morgan fingerprint density at radius 2 is 1.73 bits per heavy atom. The summed E-state index contributed by atoms with van der Waals surface area (Å²) in [6.07, 6.45) is 2.49. The largest absolute Gasteiger partial charge is 0.492 e. The van der Waals surface area contributed by atoms with Gasteiger partial charge in [-0.3, -0.25) is 9.59 Å². The van der Waals surface area contributed by atoms with Gasteiger partial charge < -0.3 is 14.8 Å². The van der Waals surface area contributed by atoms with Crippen molar-refractivity contribution in [2.45, 2.75) is 31.6 Å². The third-order valence-electron chi connectivity index (χ3n) is 4.72. The minimum absolute atomic E-state index is 0.312. The molecular formula is C21H23NO4. The molecule has 0 atom stereocenters. The fourth-order valence-electron chi connectivity index (χ4n) is 3.20. The second-order valence-corrected chi connectivity index (χ2v) is 6.36. The molecule has 5 heteroatoms. The molecule has 0 bridgehead atoms. The molecule has 0 aliphatic heterocycles. The van der Waals surface area contributed by atoms with Gasteiger partial charge in [0.2, 0.25) is 0 Å². The Bertz CT molecular complexity index is 769. The zero-order valence-corrected chi connectivity index (χ0v) is 14.9. The fourth-order valence-corrected chi connectivity index (χ4v) is 3.20. The Morgan fingerprint density at radius 3 is 2.38 bits per heavy atom. The summed E-state index contributed by atoms with van der Waals surface area (Å²) in [5.74, 6) is -0.120. The minimum atomic E-state index is -0.606. The Kier molecular flexibility index (Phi) is 5.56. The first-order valence-corrected chi connectivity index (χ1v) is 8.90. The molecule has 0 heterocycles. The molecule has 1 fully saturated rings. The van der Waals surface area contributed by atoms with Crippen molar-refractivity contribution >= 4 is 17.6 Å². The van der Waals surface area contributed by atoms with Crippen molar-refractivity contribution in [2.24, 2.45) is 0 Å². The van der Waals surface area contributed by atoms with Crippen molar-refractivity contribution in [1.82, 2.24) is 0 Å². The van der Waals surface area contributed by atoms with Crippen LogP contribution in [0.5, 0.6) is 5.75 Å². The Hall–Kier alpha value is -2.82. The number of rotatable bonds is 7. The van der Waals surface area contributed by atoms with E-state index >= 15 is 0 Å². The number of hydrogen-bond donors (Lipinski definition) is 1. The number of anilines is 1. The standard InChI is InChI=1S/C21H23NO4/c1-2-25-18-12-7-6-11-17(18)22-19(23)15-26-20(24)21(13-8-14-21)16-9-4-3-5-10-16/h3-7,9-12H,2,8,13-15H2,1H3,(H,22,23). The summed E-state index contributed by atoms with van der Waals surface area (Å²) in [6.45, 7) is 2.07. The van der Waals surface area contributed by atoms with Gasteiger partial charge >= 0.3 is 5.97 Å². The van der Waals surface area contributed by atoms with Crippen LogP contribution in [0.1, 0.15) is 31.7 Å². The number of carbonyl (C=O) groups excluding carboxylic acids is 2. The summed E-state index contributed by atoms with van der Waals surface area (Å²) < 4.78 is 10.8. The van der Waals surface area contributed by atoms with Crippen LogP contribution in [0, 0.1) is 0 Å². The van der Waals surface area contributed by atoms with E-state index in [1.165, 1.54) is 0 Å². The van der Waals surface area contributed by atoms with Crippen LogP contribution in [-0.4, -0.2) is 25.1 Å². The molecule has 1 aliphatic rings. The van der Waals surface area contributed by atoms with Crippen LogP contribution in [0.3, 0.4) is 0 Å². The van der Waals surface area contributed by atoms with Crippen LogP contribution in [0.2, 0.25) is 0 Å². The molecule has 0 spiro atoms. The van der Waals surface area contributed by atoms with Crippen LogP contribution < -0.4 is 10.1 Å². The first kappa shape index (κ1) is 18.0. The summed E-state index contributed by atoms with van der Waals surface area (Å²) in [7, 11) is 0. The normalized spacial score (nSPS) is 14.8. The number of amides is 1. The lowest BCUT2D eigenvalue weighted by Crippen LogP contribution is -2.44. The molecule has 3 rings (SSSR count). The zero-order chi connectivity index (χ0) is 18.4. The molecule has 1 aliphatic carbocycles. The van der Waals surface area contributed by atoms with Crippen molar-refractivity contribution < 1.29 is 19.1 Å². The third-order valence-corrected chi connectivity index (χ3v) is 4.72. The molecule has 2 aromatic rings. The number of ether oxygens (including phenoxy) is 2. The van der Waals surface area contributed by atoms with Gasteiger partial charge in [-0.15, -0.1) is 0 Å². The molecule has 5 nitrogen and oxygen atoms in total. The van der Waals surface area contributed by atoms with E-state index < -0.39 is 5.41 Å². The smallest absolute Gasteiger partial charge is 0.317 e. The van der Waals surface area contributed by atoms with E-state index in [1.807, 2.05) is 49.4 Å². The number of hydrogen-bond acceptors (Lipinski definition) is 4. The van der Waals surface area contributed by atoms with Crippen molar-refractivity contribution in [3.63, 3.8) is 0 Å². The average Bonchev–Trinajstić information content (AvgIpc) is 2.62. The van der Waals surface area contributed by atoms with E-state index in [2.05, 4.69) is 5.32 Å². The van der Waals surface area contributed by atoms with Gasteiger partial charge in [0.15, 0.2) is 6.61 Å². The highest BCUT2D eigenvalue weighted by Crippen LogP contribution is 2.44. The van der Waals surface area contributed by atoms with Crippen LogP contribution >= 0.6 is 0 Å². The summed E-state index contributed by atoms with van der Waals surface area (Å²) in [4.78, 5) is 24.8. The Labute approximate surface area is 153 Å². The van der Waals surface area contributed by atoms with Gasteiger partial charge in [0.25, 0.3) is 5.91 Å². The minimum Gasteiger partial charge on any atom is -0.492 e. The van der Waals surface area contributed by atoms with E-state index in [1.54, 1.807) is 12.1 Å². The van der Waals surface area contributed by atoms with Gasteiger partial charge in [-0.1, -0.05) is 48.9 Å². The summed E-state index contributed by atoms with van der Waals surface area (Å²) in [6, 6.07) is 16.8. The van der Waals surface area contributed by atoms with Gasteiger partial charge in [0.05, 0.1) is 17.7 Å². The monoisotopic (exact) mass is 353 g/mol. The Morgan fingerprint density at radius 1 is 1.04 bits per heavy atom. The van der Waals surface area contributed by atoms with Crippen molar-refractivity contribution in [3.8, 4) is 5.75 Å².